The van der Waals surface area contributed by atoms with Crippen molar-refractivity contribution in [3.05, 3.63) is 148 Å². The minimum atomic E-state index is -1.16. The number of nitrogens with one attached hydrogen (secondary N) is 4. The summed E-state index contributed by atoms with van der Waals surface area (Å²) in [6.45, 7) is 0. The van der Waals surface area contributed by atoms with E-state index in [4.69, 9.17) is 0 Å². The van der Waals surface area contributed by atoms with E-state index >= 15 is 0 Å². The van der Waals surface area contributed by atoms with Crippen LogP contribution in [0.1, 0.15) is 40.8 Å². The van der Waals surface area contributed by atoms with Gasteiger partial charge in [0.2, 0.25) is 23.6 Å². The standard InChI is InChI=1S/C45H44N4O7S/c50-36-21-22-41(51)47-40(28-37-12-7-23-57-37)44(54)49-39(26-31-13-17-33(18-14-31)32-10-5-2-6-11-32)43(53)48-38(25-29-8-3-1-4-9-29)42(52)46-35-19-15-30(16-20-35)24-34(27-36)45(55)56/h1-20,23,34,38-40H,21-22,24-28H2,(H,46,52)(H,47,51)(H,48,53)(H,49,54)(H,55,56)/t34-,38-,39+,40-/m1/s1. The molecule has 3 heterocycles. The normalized spacial score (nSPS) is 20.0. The van der Waals surface area contributed by atoms with E-state index in [0.717, 1.165) is 27.1 Å². The Balaban J connectivity index is 1.33. The SMILES string of the molecule is O=C1CCC(=O)N[C@H](Cc2cccs2)C(=O)N[C@@H](Cc2ccc(-c3ccccc3)cc2)C(=O)N[C@H](Cc2ccccc2)C(=O)Nc2ccc(cc2)C[C@@H](C(=O)O)C1. The minimum Gasteiger partial charge on any atom is -0.481 e. The number of ketones is 1. The van der Waals surface area contributed by atoms with Gasteiger partial charge in [-0.1, -0.05) is 103 Å². The molecule has 0 radical (unpaired) electrons. The van der Waals surface area contributed by atoms with Crippen molar-refractivity contribution >= 4 is 52.4 Å². The molecular formula is C45H44N4O7S. The predicted molar refractivity (Wildman–Crippen MR) is 218 cm³/mol. The second-order valence-electron chi connectivity index (χ2n) is 14.2. The Kier molecular flexibility index (Phi) is 13.7. The number of carbonyl (C=O) groups excluding carboxylic acids is 5. The Bertz CT molecular complexity index is 2160. The molecule has 4 aromatic carbocycles. The van der Waals surface area contributed by atoms with Gasteiger partial charge in [-0.2, -0.15) is 0 Å². The highest BCUT2D eigenvalue weighted by molar-refractivity contribution is 7.09. The van der Waals surface area contributed by atoms with Gasteiger partial charge >= 0.3 is 5.97 Å². The van der Waals surface area contributed by atoms with Crippen molar-refractivity contribution in [2.45, 2.75) is 63.1 Å². The summed E-state index contributed by atoms with van der Waals surface area (Å²) in [6.07, 6.45) is -0.320. The van der Waals surface area contributed by atoms with Crippen LogP contribution in [-0.4, -0.2) is 58.6 Å². The number of hydrogen-bond acceptors (Lipinski definition) is 7. The predicted octanol–water partition coefficient (Wildman–Crippen LogP) is 5.53. The van der Waals surface area contributed by atoms with Crippen LogP contribution in [0.15, 0.2) is 127 Å². The number of anilines is 1. The topological polar surface area (TPSA) is 171 Å². The van der Waals surface area contributed by atoms with Gasteiger partial charge < -0.3 is 26.4 Å². The number of fused-ring (bicyclic) bond motifs is 18. The molecule has 11 nitrogen and oxygen atoms in total. The highest BCUT2D eigenvalue weighted by Gasteiger charge is 2.31. The van der Waals surface area contributed by atoms with Gasteiger partial charge in [0.15, 0.2) is 0 Å². The molecule has 0 aliphatic carbocycles. The second-order valence-corrected chi connectivity index (χ2v) is 15.2. The zero-order valence-corrected chi connectivity index (χ0v) is 32.0. The van der Waals surface area contributed by atoms with E-state index in [1.165, 1.54) is 11.3 Å². The number of rotatable bonds is 8. The Hall–Kier alpha value is -6.40. The summed E-state index contributed by atoms with van der Waals surface area (Å²) in [7, 11) is 0. The van der Waals surface area contributed by atoms with E-state index in [0.29, 0.717) is 11.3 Å². The maximum atomic E-state index is 14.4. The van der Waals surface area contributed by atoms with E-state index in [1.54, 1.807) is 24.3 Å². The van der Waals surface area contributed by atoms with E-state index in [2.05, 4.69) is 21.3 Å². The summed E-state index contributed by atoms with van der Waals surface area (Å²) in [4.78, 5) is 81.6. The second kappa shape index (κ2) is 19.5. The molecule has 0 saturated heterocycles. The molecule has 0 unspecified atom stereocenters. The van der Waals surface area contributed by atoms with Crippen molar-refractivity contribution < 1.29 is 33.9 Å². The number of thiophene rings is 1. The van der Waals surface area contributed by atoms with Crippen molar-refractivity contribution in [2.75, 3.05) is 5.32 Å². The first kappa shape index (κ1) is 40.3. The van der Waals surface area contributed by atoms with Gasteiger partial charge in [-0.25, -0.2) is 0 Å². The molecule has 57 heavy (non-hydrogen) atoms. The fraction of sp³-hybridized carbons (Fsp3) is 0.244. The van der Waals surface area contributed by atoms with Crippen molar-refractivity contribution in [3.8, 4) is 11.1 Å². The average Bonchev–Trinajstić information content (AvgIpc) is 3.73. The van der Waals surface area contributed by atoms with Crippen LogP contribution >= 0.6 is 11.3 Å². The summed E-state index contributed by atoms with van der Waals surface area (Å²) in [5.74, 6) is -4.84. The molecule has 4 atom stereocenters. The van der Waals surface area contributed by atoms with Crippen LogP contribution in [0.4, 0.5) is 5.69 Å². The summed E-state index contributed by atoms with van der Waals surface area (Å²) in [6, 6.07) is 33.7. The summed E-state index contributed by atoms with van der Waals surface area (Å²) in [5, 5.41) is 23.2. The van der Waals surface area contributed by atoms with Crippen molar-refractivity contribution in [2.24, 2.45) is 5.92 Å². The summed E-state index contributed by atoms with van der Waals surface area (Å²) in [5.41, 5.74) is 4.61. The summed E-state index contributed by atoms with van der Waals surface area (Å²) < 4.78 is 0. The number of benzene rings is 4. The van der Waals surface area contributed by atoms with Crippen molar-refractivity contribution in [1.82, 2.24) is 16.0 Å². The number of amides is 4. The molecule has 2 bridgehead atoms. The quantitative estimate of drug-likeness (QED) is 0.129. The first-order chi connectivity index (χ1) is 27.6. The smallest absolute Gasteiger partial charge is 0.307 e. The molecule has 5 aromatic rings. The van der Waals surface area contributed by atoms with Crippen LogP contribution < -0.4 is 21.3 Å². The molecular weight excluding hydrogens is 741 g/mol. The number of carboxylic acids is 1. The molecule has 0 saturated carbocycles. The molecule has 5 N–H and O–H groups in total. The zero-order chi connectivity index (χ0) is 40.1. The first-order valence-electron chi connectivity index (χ1n) is 18.8. The van der Waals surface area contributed by atoms with Gasteiger partial charge in [-0.05, 0) is 57.8 Å². The third kappa shape index (κ3) is 11.8. The van der Waals surface area contributed by atoms with Crippen LogP contribution in [0.25, 0.3) is 11.1 Å². The lowest BCUT2D eigenvalue weighted by Crippen LogP contribution is -2.57. The lowest BCUT2D eigenvalue weighted by molar-refractivity contribution is -0.143. The van der Waals surface area contributed by atoms with Gasteiger partial charge in [-0.3, -0.25) is 28.8 Å². The Labute approximate surface area is 334 Å². The number of hydrogen-bond donors (Lipinski definition) is 5. The van der Waals surface area contributed by atoms with E-state index in [-0.39, 0.29) is 44.9 Å². The number of carbonyl (C=O) groups is 6. The van der Waals surface area contributed by atoms with Crippen LogP contribution in [0.2, 0.25) is 0 Å². The molecule has 2 aliphatic rings. The molecule has 7 rings (SSSR count). The van der Waals surface area contributed by atoms with Gasteiger partial charge in [0.25, 0.3) is 0 Å². The monoisotopic (exact) mass is 784 g/mol. The third-order valence-corrected chi connectivity index (χ3v) is 10.7. The van der Waals surface area contributed by atoms with E-state index in [9.17, 15) is 33.9 Å². The Morgan fingerprint density at radius 2 is 1.16 bits per heavy atom. The van der Waals surface area contributed by atoms with Gasteiger partial charge in [0.1, 0.15) is 23.9 Å². The fourth-order valence-corrected chi connectivity index (χ4v) is 7.48. The Morgan fingerprint density at radius 3 is 1.77 bits per heavy atom. The number of Topliss-reactive ketones (excluding diaryl/α,β-unsaturated/α-hetero) is 1. The van der Waals surface area contributed by atoms with Crippen LogP contribution in [0, 0.1) is 5.92 Å². The molecule has 1 aromatic heterocycles. The molecule has 0 spiro atoms. The molecule has 0 fully saturated rings. The Morgan fingerprint density at radius 1 is 0.579 bits per heavy atom. The largest absolute Gasteiger partial charge is 0.481 e. The molecule has 2 aliphatic heterocycles. The maximum Gasteiger partial charge on any atom is 0.307 e. The highest BCUT2D eigenvalue weighted by atomic mass is 32.1. The van der Waals surface area contributed by atoms with Crippen molar-refractivity contribution in [1.29, 1.82) is 0 Å². The van der Waals surface area contributed by atoms with Crippen LogP contribution in [0.5, 0.6) is 0 Å². The van der Waals surface area contributed by atoms with Gasteiger partial charge in [0.05, 0.1) is 5.92 Å². The lowest BCUT2D eigenvalue weighted by Gasteiger charge is -2.26. The fourth-order valence-electron chi connectivity index (χ4n) is 6.73. The average molecular weight is 785 g/mol. The molecule has 12 heteroatoms. The molecule has 4 amide bonds. The van der Waals surface area contributed by atoms with Crippen LogP contribution in [-0.2, 0) is 54.5 Å². The van der Waals surface area contributed by atoms with Crippen molar-refractivity contribution in [3.63, 3.8) is 0 Å². The van der Waals surface area contributed by atoms with Gasteiger partial charge in [0, 0.05) is 49.1 Å². The first-order valence-corrected chi connectivity index (χ1v) is 19.7. The molecule has 292 valence electrons. The number of carboxylic acid groups (broad SMARTS) is 1. The zero-order valence-electron chi connectivity index (χ0n) is 31.2. The highest BCUT2D eigenvalue weighted by Crippen LogP contribution is 2.21. The third-order valence-electron chi connectivity index (χ3n) is 9.84. The van der Waals surface area contributed by atoms with Crippen LogP contribution in [0.3, 0.4) is 0 Å². The van der Waals surface area contributed by atoms with E-state index < -0.39 is 59.4 Å². The minimum absolute atomic E-state index is 0.0631. The summed E-state index contributed by atoms with van der Waals surface area (Å²) >= 11 is 1.40. The number of aliphatic carboxylic acids is 1. The lowest BCUT2D eigenvalue weighted by atomic mass is 9.93. The van der Waals surface area contributed by atoms with E-state index in [1.807, 2.05) is 102 Å². The maximum absolute atomic E-state index is 14.4. The van der Waals surface area contributed by atoms with Gasteiger partial charge in [-0.15, -0.1) is 11.3 Å².